The fourth-order valence-electron chi connectivity index (χ4n) is 2.12. The molecule has 1 aromatic carbocycles. The van der Waals surface area contributed by atoms with Crippen molar-refractivity contribution in [2.75, 3.05) is 30.7 Å². The van der Waals surface area contributed by atoms with Crippen molar-refractivity contribution in [2.24, 2.45) is 5.92 Å². The number of hydrogen-bond donors (Lipinski definition) is 2. The van der Waals surface area contributed by atoms with Crippen LogP contribution in [0.25, 0.3) is 0 Å². The number of nitriles is 1. The fourth-order valence-corrected chi connectivity index (χ4v) is 2.12. The Morgan fingerprint density at radius 1 is 1.43 bits per heavy atom. The lowest BCUT2D eigenvalue weighted by atomic mass is 10.2. The lowest BCUT2D eigenvalue weighted by molar-refractivity contribution is -0.116. The molecule has 0 atom stereocenters. The first-order chi connectivity index (χ1) is 10.0. The summed E-state index contributed by atoms with van der Waals surface area (Å²) in [5.41, 5.74) is 7.02. The zero-order chi connectivity index (χ0) is 15.7. The highest BCUT2D eigenvalue weighted by Gasteiger charge is 2.10. The van der Waals surface area contributed by atoms with Crippen molar-refractivity contribution in [3.05, 3.63) is 24.3 Å². The van der Waals surface area contributed by atoms with Gasteiger partial charge < -0.3 is 16.0 Å². The van der Waals surface area contributed by atoms with Crippen molar-refractivity contribution in [3.63, 3.8) is 0 Å². The van der Waals surface area contributed by atoms with E-state index in [0.717, 1.165) is 6.54 Å². The maximum atomic E-state index is 11.9. The number of amides is 1. The van der Waals surface area contributed by atoms with Crippen LogP contribution in [0, 0.1) is 17.2 Å². The van der Waals surface area contributed by atoms with Gasteiger partial charge in [0.2, 0.25) is 5.91 Å². The van der Waals surface area contributed by atoms with Gasteiger partial charge in [-0.3, -0.25) is 4.79 Å². The largest absolute Gasteiger partial charge is 0.399 e. The summed E-state index contributed by atoms with van der Waals surface area (Å²) in [6.07, 6.45) is 0.899. The molecule has 1 rings (SSSR count). The standard InChI is InChI=1S/C16H24N4O/c1-13(2)12-20(9-4-8-17)10-7-16(21)19-15-6-3-5-14(18)11-15/h3,5-6,11,13H,4,7,9-10,12,18H2,1-2H3,(H,19,21). The highest BCUT2D eigenvalue weighted by molar-refractivity contribution is 5.91. The van der Waals surface area contributed by atoms with Crippen molar-refractivity contribution in [3.8, 4) is 6.07 Å². The second-order valence-corrected chi connectivity index (χ2v) is 5.53. The third-order valence-electron chi connectivity index (χ3n) is 2.99. The van der Waals surface area contributed by atoms with Crippen molar-refractivity contribution in [2.45, 2.75) is 26.7 Å². The Balaban J connectivity index is 2.43. The lowest BCUT2D eigenvalue weighted by Gasteiger charge is -2.22. The molecule has 1 amide bonds. The molecule has 0 unspecified atom stereocenters. The summed E-state index contributed by atoms with van der Waals surface area (Å²) in [7, 11) is 0. The molecule has 0 spiro atoms. The van der Waals surface area contributed by atoms with Crippen molar-refractivity contribution in [1.82, 2.24) is 4.90 Å². The number of carbonyl (C=O) groups is 1. The van der Waals surface area contributed by atoms with Crippen molar-refractivity contribution in [1.29, 1.82) is 5.26 Å². The molecule has 5 heteroatoms. The summed E-state index contributed by atoms with van der Waals surface area (Å²) in [6, 6.07) is 9.29. The zero-order valence-electron chi connectivity index (χ0n) is 12.8. The lowest BCUT2D eigenvalue weighted by Crippen LogP contribution is -2.32. The average Bonchev–Trinajstić information content (AvgIpc) is 2.41. The highest BCUT2D eigenvalue weighted by atomic mass is 16.1. The third kappa shape index (κ3) is 7.33. The molecule has 3 N–H and O–H groups in total. The number of hydrogen-bond acceptors (Lipinski definition) is 4. The minimum absolute atomic E-state index is 0.0358. The molecule has 0 aliphatic heterocycles. The molecule has 5 nitrogen and oxygen atoms in total. The van der Waals surface area contributed by atoms with Crippen LogP contribution in [0.5, 0.6) is 0 Å². The second kappa shape index (κ2) is 8.98. The van der Waals surface area contributed by atoms with Crippen LogP contribution in [0.3, 0.4) is 0 Å². The number of nitrogens with two attached hydrogens (primary N) is 1. The van der Waals surface area contributed by atoms with E-state index >= 15 is 0 Å². The molecule has 0 heterocycles. The van der Waals surface area contributed by atoms with E-state index < -0.39 is 0 Å². The Labute approximate surface area is 126 Å². The van der Waals surface area contributed by atoms with Gasteiger partial charge in [0, 0.05) is 43.9 Å². The number of nitrogens with one attached hydrogen (secondary N) is 1. The number of rotatable bonds is 8. The molecule has 0 aromatic heterocycles. The monoisotopic (exact) mass is 288 g/mol. The molecule has 0 saturated heterocycles. The van der Waals surface area contributed by atoms with E-state index in [1.54, 1.807) is 12.1 Å². The predicted octanol–water partition coefficient (Wildman–Crippen LogP) is 2.47. The number of nitrogen functional groups attached to an aromatic ring is 1. The Bertz CT molecular complexity index is 493. The van der Waals surface area contributed by atoms with Gasteiger partial charge in [-0.25, -0.2) is 0 Å². The van der Waals surface area contributed by atoms with Gasteiger partial charge in [-0.1, -0.05) is 19.9 Å². The summed E-state index contributed by atoms with van der Waals surface area (Å²) < 4.78 is 0. The van der Waals surface area contributed by atoms with Gasteiger partial charge in [0.15, 0.2) is 0 Å². The summed E-state index contributed by atoms with van der Waals surface area (Å²) in [6.45, 7) is 6.53. The summed E-state index contributed by atoms with van der Waals surface area (Å²) in [4.78, 5) is 14.1. The van der Waals surface area contributed by atoms with E-state index in [-0.39, 0.29) is 5.91 Å². The Kier molecular flexibility index (Phi) is 7.27. The number of anilines is 2. The van der Waals surface area contributed by atoms with E-state index in [1.165, 1.54) is 0 Å². The zero-order valence-corrected chi connectivity index (χ0v) is 12.8. The SMILES string of the molecule is CC(C)CN(CCC#N)CCC(=O)Nc1cccc(N)c1. The minimum atomic E-state index is -0.0358. The van der Waals surface area contributed by atoms with Crippen LogP contribution in [0.1, 0.15) is 26.7 Å². The Morgan fingerprint density at radius 2 is 2.19 bits per heavy atom. The fraction of sp³-hybridized carbons (Fsp3) is 0.500. The molecule has 0 radical (unpaired) electrons. The topological polar surface area (TPSA) is 82.2 Å². The van der Waals surface area contributed by atoms with Crippen LogP contribution < -0.4 is 11.1 Å². The molecule has 0 fully saturated rings. The van der Waals surface area contributed by atoms with Gasteiger partial charge in [0.25, 0.3) is 0 Å². The van der Waals surface area contributed by atoms with Crippen LogP contribution in [-0.2, 0) is 4.79 Å². The van der Waals surface area contributed by atoms with E-state index in [4.69, 9.17) is 11.0 Å². The van der Waals surface area contributed by atoms with E-state index in [2.05, 4.69) is 30.1 Å². The molecule has 21 heavy (non-hydrogen) atoms. The Hall–Kier alpha value is -2.06. The third-order valence-corrected chi connectivity index (χ3v) is 2.99. The highest BCUT2D eigenvalue weighted by Crippen LogP contribution is 2.12. The molecule has 0 aliphatic rings. The van der Waals surface area contributed by atoms with Gasteiger partial charge in [0.1, 0.15) is 0 Å². The van der Waals surface area contributed by atoms with Gasteiger partial charge in [0.05, 0.1) is 6.07 Å². The molecular weight excluding hydrogens is 264 g/mol. The molecule has 0 saturated carbocycles. The second-order valence-electron chi connectivity index (χ2n) is 5.53. The van der Waals surface area contributed by atoms with Gasteiger partial charge in [-0.15, -0.1) is 0 Å². The molecular formula is C16H24N4O. The summed E-state index contributed by atoms with van der Waals surface area (Å²) in [5, 5.41) is 11.5. The number of carbonyl (C=O) groups excluding carboxylic acids is 1. The maximum absolute atomic E-state index is 11.9. The summed E-state index contributed by atoms with van der Waals surface area (Å²) in [5.74, 6) is 0.479. The van der Waals surface area contributed by atoms with E-state index in [1.807, 2.05) is 12.1 Å². The number of nitrogens with zero attached hydrogens (tertiary/aromatic N) is 2. The minimum Gasteiger partial charge on any atom is -0.399 e. The molecule has 114 valence electrons. The van der Waals surface area contributed by atoms with Crippen molar-refractivity contribution < 1.29 is 4.79 Å². The van der Waals surface area contributed by atoms with Crippen molar-refractivity contribution >= 4 is 17.3 Å². The van der Waals surface area contributed by atoms with Crippen LogP contribution in [-0.4, -0.2) is 30.4 Å². The van der Waals surface area contributed by atoms with Gasteiger partial charge >= 0.3 is 0 Å². The van der Waals surface area contributed by atoms with E-state index in [9.17, 15) is 4.79 Å². The normalized spacial score (nSPS) is 10.6. The molecule has 0 aliphatic carbocycles. The quantitative estimate of drug-likeness (QED) is 0.720. The molecule has 1 aromatic rings. The predicted molar refractivity (Wildman–Crippen MR) is 85.6 cm³/mol. The van der Waals surface area contributed by atoms with Crippen LogP contribution >= 0.6 is 0 Å². The first kappa shape index (κ1) is 17.0. The average molecular weight is 288 g/mol. The maximum Gasteiger partial charge on any atom is 0.225 e. The van der Waals surface area contributed by atoms with Gasteiger partial charge in [-0.05, 0) is 24.1 Å². The van der Waals surface area contributed by atoms with Gasteiger partial charge in [-0.2, -0.15) is 5.26 Å². The van der Waals surface area contributed by atoms with Crippen LogP contribution in [0.15, 0.2) is 24.3 Å². The van der Waals surface area contributed by atoms with Crippen LogP contribution in [0.4, 0.5) is 11.4 Å². The summed E-state index contributed by atoms with van der Waals surface area (Å²) >= 11 is 0. The van der Waals surface area contributed by atoms with E-state index in [0.29, 0.717) is 43.2 Å². The van der Waals surface area contributed by atoms with Crippen LogP contribution in [0.2, 0.25) is 0 Å². The first-order valence-electron chi connectivity index (χ1n) is 7.26. The number of benzene rings is 1. The first-order valence-corrected chi connectivity index (χ1v) is 7.26. The molecule has 0 bridgehead atoms. The smallest absolute Gasteiger partial charge is 0.225 e. The Morgan fingerprint density at radius 3 is 2.81 bits per heavy atom.